The number of fused-ring (bicyclic) bond motifs is 1. The summed E-state index contributed by atoms with van der Waals surface area (Å²) >= 11 is 0. The summed E-state index contributed by atoms with van der Waals surface area (Å²) in [5.74, 6) is 0.0450. The summed E-state index contributed by atoms with van der Waals surface area (Å²) < 4.78 is 1.94. The number of carbonyl (C=O) groups excluding carboxylic acids is 1. The Balaban J connectivity index is 1.79. The van der Waals surface area contributed by atoms with Crippen LogP contribution in [0.2, 0.25) is 0 Å². The molecule has 1 N–H and O–H groups in total. The molecular formula is C16H22N4O2. The maximum Gasteiger partial charge on any atom is 0.254 e. The van der Waals surface area contributed by atoms with Gasteiger partial charge in [0.25, 0.3) is 5.91 Å². The number of hydrogen-bond acceptors (Lipinski definition) is 4. The van der Waals surface area contributed by atoms with Crippen LogP contribution in [0.25, 0.3) is 11.0 Å². The van der Waals surface area contributed by atoms with Crippen molar-refractivity contribution in [3.05, 3.63) is 30.1 Å². The number of aliphatic hydroxyl groups excluding tert-OH is 1. The molecule has 1 saturated heterocycles. The maximum atomic E-state index is 12.7. The Bertz CT molecular complexity index is 682. The quantitative estimate of drug-likeness (QED) is 0.907. The number of piperazine rings is 1. The van der Waals surface area contributed by atoms with Crippen LogP contribution in [0, 0.1) is 0 Å². The van der Waals surface area contributed by atoms with Crippen molar-refractivity contribution in [2.24, 2.45) is 7.05 Å². The summed E-state index contributed by atoms with van der Waals surface area (Å²) in [4.78, 5) is 21.1. The fraction of sp³-hybridized carbons (Fsp3) is 0.500. The third-order valence-corrected chi connectivity index (χ3v) is 4.50. The van der Waals surface area contributed by atoms with E-state index < -0.39 is 0 Å². The minimum Gasteiger partial charge on any atom is -0.396 e. The molecule has 3 rings (SSSR count). The van der Waals surface area contributed by atoms with Crippen LogP contribution in [0.3, 0.4) is 0 Å². The van der Waals surface area contributed by atoms with Gasteiger partial charge in [-0.25, -0.2) is 4.98 Å². The van der Waals surface area contributed by atoms with Crippen molar-refractivity contribution >= 4 is 16.9 Å². The van der Waals surface area contributed by atoms with Crippen molar-refractivity contribution in [3.63, 3.8) is 0 Å². The van der Waals surface area contributed by atoms with E-state index in [4.69, 9.17) is 5.11 Å². The van der Waals surface area contributed by atoms with Crippen LogP contribution in [-0.4, -0.2) is 69.7 Å². The monoisotopic (exact) mass is 302 g/mol. The third kappa shape index (κ3) is 2.71. The summed E-state index contributed by atoms with van der Waals surface area (Å²) in [5, 5.41) is 9.16. The molecule has 1 fully saturated rings. The van der Waals surface area contributed by atoms with Gasteiger partial charge in [0, 0.05) is 44.9 Å². The summed E-state index contributed by atoms with van der Waals surface area (Å²) in [7, 11) is 3.98. The molecule has 1 aromatic heterocycles. The van der Waals surface area contributed by atoms with Gasteiger partial charge in [0.05, 0.1) is 17.4 Å². The van der Waals surface area contributed by atoms with Crippen LogP contribution in [0.4, 0.5) is 0 Å². The van der Waals surface area contributed by atoms with Crippen LogP contribution in [-0.2, 0) is 7.05 Å². The average molecular weight is 302 g/mol. The largest absolute Gasteiger partial charge is 0.396 e. The highest BCUT2D eigenvalue weighted by atomic mass is 16.3. The van der Waals surface area contributed by atoms with Gasteiger partial charge in [-0.2, -0.15) is 0 Å². The molecule has 118 valence electrons. The number of hydrogen-bond donors (Lipinski definition) is 1. The molecular weight excluding hydrogens is 280 g/mol. The number of aliphatic hydroxyl groups is 1. The zero-order valence-electron chi connectivity index (χ0n) is 13.1. The van der Waals surface area contributed by atoms with Crippen LogP contribution >= 0.6 is 0 Å². The minimum atomic E-state index is 0.0450. The highest BCUT2D eigenvalue weighted by molar-refractivity contribution is 5.97. The lowest BCUT2D eigenvalue weighted by Crippen LogP contribution is -2.53. The van der Waals surface area contributed by atoms with Crippen LogP contribution in [0.15, 0.2) is 24.5 Å². The minimum absolute atomic E-state index is 0.0450. The number of carbonyl (C=O) groups is 1. The molecule has 0 bridgehead atoms. The van der Waals surface area contributed by atoms with E-state index in [-0.39, 0.29) is 18.6 Å². The number of rotatable bonds is 3. The number of nitrogens with zero attached hydrogens (tertiary/aromatic N) is 4. The second-order valence-corrected chi connectivity index (χ2v) is 5.96. The topological polar surface area (TPSA) is 61.6 Å². The van der Waals surface area contributed by atoms with Crippen LogP contribution in [0.1, 0.15) is 16.8 Å². The summed E-state index contributed by atoms with van der Waals surface area (Å²) in [5.41, 5.74) is 2.54. The van der Waals surface area contributed by atoms with Gasteiger partial charge in [0.1, 0.15) is 0 Å². The average Bonchev–Trinajstić information content (AvgIpc) is 2.90. The SMILES string of the molecule is CN1CCN(C(=O)c2ccc3c(c2)ncn3C)C[C@@H]1CCO. The fourth-order valence-corrected chi connectivity index (χ4v) is 3.04. The van der Waals surface area contributed by atoms with Gasteiger partial charge in [0.2, 0.25) is 0 Å². The molecule has 6 nitrogen and oxygen atoms in total. The highest BCUT2D eigenvalue weighted by Crippen LogP contribution is 2.18. The van der Waals surface area contributed by atoms with Gasteiger partial charge < -0.3 is 14.6 Å². The van der Waals surface area contributed by atoms with Crippen molar-refractivity contribution in [2.45, 2.75) is 12.5 Å². The molecule has 2 aromatic rings. The molecule has 1 aliphatic rings. The first-order chi connectivity index (χ1) is 10.6. The molecule has 1 aliphatic heterocycles. The number of aromatic nitrogens is 2. The first-order valence-corrected chi connectivity index (χ1v) is 7.61. The standard InChI is InChI=1S/C16H22N4O2/c1-18-6-7-20(10-13(18)5-8-21)16(22)12-3-4-15-14(9-12)17-11-19(15)2/h3-4,9,11,13,21H,5-8,10H2,1-2H3/t13-/m0/s1. The van der Waals surface area contributed by atoms with Crippen molar-refractivity contribution in [3.8, 4) is 0 Å². The van der Waals surface area contributed by atoms with E-state index in [0.29, 0.717) is 18.5 Å². The van der Waals surface area contributed by atoms with Crippen molar-refractivity contribution < 1.29 is 9.90 Å². The molecule has 0 saturated carbocycles. The van der Waals surface area contributed by atoms with Crippen molar-refractivity contribution in [1.82, 2.24) is 19.4 Å². The van der Waals surface area contributed by atoms with E-state index in [9.17, 15) is 4.79 Å². The lowest BCUT2D eigenvalue weighted by Gasteiger charge is -2.39. The molecule has 1 aromatic carbocycles. The Morgan fingerprint density at radius 3 is 2.95 bits per heavy atom. The zero-order chi connectivity index (χ0) is 15.7. The van der Waals surface area contributed by atoms with E-state index >= 15 is 0 Å². The van der Waals surface area contributed by atoms with E-state index in [1.807, 2.05) is 41.8 Å². The maximum absolute atomic E-state index is 12.7. The van der Waals surface area contributed by atoms with E-state index in [1.54, 1.807) is 6.33 Å². The fourth-order valence-electron chi connectivity index (χ4n) is 3.04. The lowest BCUT2D eigenvalue weighted by atomic mass is 10.1. The molecule has 22 heavy (non-hydrogen) atoms. The summed E-state index contributed by atoms with van der Waals surface area (Å²) in [6.45, 7) is 2.37. The molecule has 0 radical (unpaired) electrons. The van der Waals surface area contributed by atoms with Crippen molar-refractivity contribution in [1.29, 1.82) is 0 Å². The number of imidazole rings is 1. The highest BCUT2D eigenvalue weighted by Gasteiger charge is 2.27. The first-order valence-electron chi connectivity index (χ1n) is 7.61. The second-order valence-electron chi connectivity index (χ2n) is 5.96. The van der Waals surface area contributed by atoms with Gasteiger partial charge in [0.15, 0.2) is 0 Å². The van der Waals surface area contributed by atoms with E-state index in [2.05, 4.69) is 9.88 Å². The van der Waals surface area contributed by atoms with Gasteiger partial charge in [-0.05, 0) is 31.7 Å². The Labute approximate surface area is 130 Å². The van der Waals surface area contributed by atoms with Gasteiger partial charge in [-0.15, -0.1) is 0 Å². The molecule has 0 unspecified atom stereocenters. The third-order valence-electron chi connectivity index (χ3n) is 4.50. The number of aryl methyl sites for hydroxylation is 1. The molecule has 1 atom stereocenters. The van der Waals surface area contributed by atoms with Crippen LogP contribution in [0.5, 0.6) is 0 Å². The molecule has 0 spiro atoms. The van der Waals surface area contributed by atoms with Gasteiger partial charge in [-0.1, -0.05) is 0 Å². The second kappa shape index (κ2) is 6.06. The van der Waals surface area contributed by atoms with E-state index in [0.717, 1.165) is 24.1 Å². The normalized spacial score (nSPS) is 19.8. The number of amides is 1. The Kier molecular flexibility index (Phi) is 4.13. The van der Waals surface area contributed by atoms with Crippen LogP contribution < -0.4 is 0 Å². The zero-order valence-corrected chi connectivity index (χ0v) is 13.1. The van der Waals surface area contributed by atoms with Gasteiger partial charge in [-0.3, -0.25) is 9.69 Å². The summed E-state index contributed by atoms with van der Waals surface area (Å²) in [6, 6.07) is 5.89. The first kappa shape index (κ1) is 15.0. The number of benzene rings is 1. The van der Waals surface area contributed by atoms with E-state index in [1.165, 1.54) is 0 Å². The smallest absolute Gasteiger partial charge is 0.254 e. The molecule has 0 aliphatic carbocycles. The Morgan fingerprint density at radius 1 is 1.36 bits per heavy atom. The van der Waals surface area contributed by atoms with Crippen molar-refractivity contribution in [2.75, 3.05) is 33.3 Å². The predicted octanol–water partition coefficient (Wildman–Crippen LogP) is 0.712. The lowest BCUT2D eigenvalue weighted by molar-refractivity contribution is 0.0501. The summed E-state index contributed by atoms with van der Waals surface area (Å²) in [6.07, 6.45) is 2.45. The Hall–Kier alpha value is -1.92. The predicted molar refractivity (Wildman–Crippen MR) is 84.7 cm³/mol. The molecule has 2 heterocycles. The molecule has 1 amide bonds. The number of likely N-dealkylation sites (N-methyl/N-ethyl adjacent to an activating group) is 1. The Morgan fingerprint density at radius 2 is 2.18 bits per heavy atom. The molecule has 6 heteroatoms. The van der Waals surface area contributed by atoms with Gasteiger partial charge >= 0.3 is 0 Å².